The van der Waals surface area contributed by atoms with E-state index in [-0.39, 0.29) is 5.75 Å². The molecule has 0 amide bonds. The summed E-state index contributed by atoms with van der Waals surface area (Å²) in [5.41, 5.74) is 1.30. The quantitative estimate of drug-likeness (QED) is 0.436. The first kappa shape index (κ1) is 21.5. The first-order valence-corrected chi connectivity index (χ1v) is 11.3. The van der Waals surface area contributed by atoms with Gasteiger partial charge in [0.05, 0.1) is 17.6 Å². The number of rotatable bonds is 7. The second-order valence-corrected chi connectivity index (χ2v) is 10.3. The zero-order valence-electron chi connectivity index (χ0n) is 17.0. The molecule has 1 heterocycles. The molecule has 0 saturated carbocycles. The summed E-state index contributed by atoms with van der Waals surface area (Å²) >= 11 is 0. The van der Waals surface area contributed by atoms with Gasteiger partial charge in [-0.3, -0.25) is 4.99 Å². The van der Waals surface area contributed by atoms with Gasteiger partial charge < -0.3 is 15.0 Å². The van der Waals surface area contributed by atoms with Gasteiger partial charge in [-0.05, 0) is 57.7 Å². The van der Waals surface area contributed by atoms with E-state index in [0.29, 0.717) is 13.1 Å². The molecule has 0 aliphatic carbocycles. The number of nitrogens with zero attached hydrogens (tertiary/aromatic N) is 2. The Morgan fingerprint density at radius 1 is 1.26 bits per heavy atom. The van der Waals surface area contributed by atoms with Crippen molar-refractivity contribution in [3.63, 3.8) is 0 Å². The third-order valence-electron chi connectivity index (χ3n) is 4.97. The fraction of sp³-hybridized carbons (Fsp3) is 0.650. The van der Waals surface area contributed by atoms with E-state index >= 15 is 0 Å². The summed E-state index contributed by atoms with van der Waals surface area (Å²) in [6, 6.07) is 8.18. The number of aliphatic imine (C=N–C) groups is 1. The standard InChI is InChI=1S/C20H33N3O3S/c1-5-21-19(23-14-15-27(24,25)20(2,3)16-23)22-13-7-6-8-17-9-11-18(26-4)12-10-17/h9-12H,5-8,13-16H2,1-4H3,(H,21,22). The van der Waals surface area contributed by atoms with Crippen molar-refractivity contribution in [3.05, 3.63) is 29.8 Å². The average Bonchev–Trinajstić information content (AvgIpc) is 2.63. The van der Waals surface area contributed by atoms with Crippen LogP contribution in [0.5, 0.6) is 5.75 Å². The van der Waals surface area contributed by atoms with E-state index in [4.69, 9.17) is 9.73 Å². The highest BCUT2D eigenvalue weighted by molar-refractivity contribution is 7.92. The van der Waals surface area contributed by atoms with Crippen LogP contribution in [0, 0.1) is 0 Å². The summed E-state index contributed by atoms with van der Waals surface area (Å²) < 4.78 is 28.9. The monoisotopic (exact) mass is 395 g/mol. The Hall–Kier alpha value is -1.76. The van der Waals surface area contributed by atoms with Crippen molar-refractivity contribution in [1.29, 1.82) is 0 Å². The van der Waals surface area contributed by atoms with Crippen LogP contribution in [0.4, 0.5) is 0 Å². The molecule has 1 aromatic rings. The van der Waals surface area contributed by atoms with Crippen LogP contribution < -0.4 is 10.1 Å². The van der Waals surface area contributed by atoms with Crippen molar-refractivity contribution in [2.75, 3.05) is 39.0 Å². The van der Waals surface area contributed by atoms with Crippen molar-refractivity contribution >= 4 is 15.8 Å². The van der Waals surface area contributed by atoms with Crippen molar-refractivity contribution < 1.29 is 13.2 Å². The topological polar surface area (TPSA) is 71.0 Å². The molecule has 1 N–H and O–H groups in total. The van der Waals surface area contributed by atoms with Crippen molar-refractivity contribution in [2.24, 2.45) is 4.99 Å². The van der Waals surface area contributed by atoms with Gasteiger partial charge in [0.25, 0.3) is 0 Å². The maximum Gasteiger partial charge on any atom is 0.193 e. The summed E-state index contributed by atoms with van der Waals surface area (Å²) in [6.07, 6.45) is 3.08. The molecule has 1 fully saturated rings. The minimum absolute atomic E-state index is 0.182. The van der Waals surface area contributed by atoms with Crippen LogP contribution in [-0.2, 0) is 16.3 Å². The maximum atomic E-state index is 12.2. The molecule has 0 spiro atoms. The number of nitrogens with one attached hydrogen (secondary N) is 1. The van der Waals surface area contributed by atoms with Gasteiger partial charge in [-0.2, -0.15) is 0 Å². The number of sulfone groups is 1. The number of hydrogen-bond acceptors (Lipinski definition) is 4. The van der Waals surface area contributed by atoms with Gasteiger partial charge in [0, 0.05) is 26.2 Å². The second-order valence-electron chi connectivity index (χ2n) is 7.54. The van der Waals surface area contributed by atoms with E-state index in [2.05, 4.69) is 22.3 Å². The summed E-state index contributed by atoms with van der Waals surface area (Å²) in [7, 11) is -1.37. The Morgan fingerprint density at radius 2 is 1.96 bits per heavy atom. The Balaban J connectivity index is 1.86. The van der Waals surface area contributed by atoms with Crippen LogP contribution in [0.3, 0.4) is 0 Å². The van der Waals surface area contributed by atoms with Crippen LogP contribution in [0.1, 0.15) is 39.2 Å². The lowest BCUT2D eigenvalue weighted by Crippen LogP contribution is -2.57. The molecule has 0 unspecified atom stereocenters. The van der Waals surface area contributed by atoms with Crippen LogP contribution in [0.25, 0.3) is 0 Å². The zero-order valence-corrected chi connectivity index (χ0v) is 17.8. The normalized spacial score (nSPS) is 19.0. The van der Waals surface area contributed by atoms with Crippen LogP contribution in [0.15, 0.2) is 29.3 Å². The van der Waals surface area contributed by atoms with E-state index < -0.39 is 14.6 Å². The summed E-state index contributed by atoms with van der Waals surface area (Å²) in [6.45, 7) is 8.12. The molecule has 0 bridgehead atoms. The van der Waals surface area contributed by atoms with Crippen LogP contribution in [-0.4, -0.2) is 63.1 Å². The lowest BCUT2D eigenvalue weighted by atomic mass is 10.1. The molecule has 1 aliphatic heterocycles. The largest absolute Gasteiger partial charge is 0.497 e. The molecule has 0 aromatic heterocycles. The molecular weight excluding hydrogens is 362 g/mol. The highest BCUT2D eigenvalue weighted by atomic mass is 32.2. The maximum absolute atomic E-state index is 12.2. The van der Waals surface area contributed by atoms with E-state index in [1.807, 2.05) is 19.1 Å². The lowest BCUT2D eigenvalue weighted by molar-refractivity contribution is 0.353. The molecule has 0 atom stereocenters. The van der Waals surface area contributed by atoms with Crippen molar-refractivity contribution in [2.45, 2.75) is 44.8 Å². The summed E-state index contributed by atoms with van der Waals surface area (Å²) in [5, 5.41) is 3.31. The van der Waals surface area contributed by atoms with Crippen LogP contribution >= 0.6 is 0 Å². The Labute approximate surface area is 163 Å². The molecule has 27 heavy (non-hydrogen) atoms. The predicted molar refractivity (Wildman–Crippen MR) is 111 cm³/mol. The van der Waals surface area contributed by atoms with E-state index in [0.717, 1.165) is 44.1 Å². The van der Waals surface area contributed by atoms with Gasteiger partial charge >= 0.3 is 0 Å². The number of methoxy groups -OCH3 is 1. The van der Waals surface area contributed by atoms with E-state index in [9.17, 15) is 8.42 Å². The van der Waals surface area contributed by atoms with Gasteiger partial charge in [-0.1, -0.05) is 12.1 Å². The number of hydrogen-bond donors (Lipinski definition) is 1. The smallest absolute Gasteiger partial charge is 0.193 e. The highest BCUT2D eigenvalue weighted by Crippen LogP contribution is 2.23. The van der Waals surface area contributed by atoms with Crippen molar-refractivity contribution in [1.82, 2.24) is 10.2 Å². The Bertz CT molecular complexity index is 727. The first-order chi connectivity index (χ1) is 12.8. The van der Waals surface area contributed by atoms with Crippen molar-refractivity contribution in [3.8, 4) is 5.75 Å². The fourth-order valence-electron chi connectivity index (χ4n) is 3.17. The number of ether oxygens (including phenoxy) is 1. The predicted octanol–water partition coefficient (Wildman–Crippen LogP) is 2.49. The molecule has 1 aliphatic rings. The third kappa shape index (κ3) is 5.86. The van der Waals surface area contributed by atoms with E-state index in [1.165, 1.54) is 5.56 Å². The number of guanidine groups is 1. The number of unbranched alkanes of at least 4 members (excludes halogenated alkanes) is 1. The molecule has 0 radical (unpaired) electrons. The molecule has 1 aromatic carbocycles. The fourth-order valence-corrected chi connectivity index (χ4v) is 4.53. The van der Waals surface area contributed by atoms with Gasteiger partial charge in [-0.15, -0.1) is 0 Å². The highest BCUT2D eigenvalue weighted by Gasteiger charge is 2.40. The second kappa shape index (κ2) is 9.44. The molecule has 1 saturated heterocycles. The molecular formula is C20H33N3O3S. The van der Waals surface area contributed by atoms with Gasteiger partial charge in [0.1, 0.15) is 5.75 Å². The third-order valence-corrected chi connectivity index (χ3v) is 7.51. The zero-order chi connectivity index (χ0) is 19.9. The summed E-state index contributed by atoms with van der Waals surface area (Å²) in [4.78, 5) is 6.80. The number of benzene rings is 1. The van der Waals surface area contributed by atoms with Gasteiger partial charge in [0.2, 0.25) is 0 Å². The Morgan fingerprint density at radius 3 is 2.56 bits per heavy atom. The van der Waals surface area contributed by atoms with Crippen LogP contribution in [0.2, 0.25) is 0 Å². The first-order valence-electron chi connectivity index (χ1n) is 9.67. The Kier molecular flexibility index (Phi) is 7.53. The molecule has 152 valence electrons. The van der Waals surface area contributed by atoms with Gasteiger partial charge in [0.15, 0.2) is 15.8 Å². The molecule has 7 heteroatoms. The number of aryl methyl sites for hydroxylation is 1. The minimum atomic E-state index is -3.04. The van der Waals surface area contributed by atoms with Gasteiger partial charge in [-0.25, -0.2) is 8.42 Å². The SMILES string of the molecule is CCNC(=NCCCCc1ccc(OC)cc1)N1CCS(=O)(=O)C(C)(C)C1. The van der Waals surface area contributed by atoms with E-state index in [1.54, 1.807) is 21.0 Å². The average molecular weight is 396 g/mol. The molecule has 2 rings (SSSR count). The molecule has 6 nitrogen and oxygen atoms in total. The minimum Gasteiger partial charge on any atom is -0.497 e. The lowest BCUT2D eigenvalue weighted by Gasteiger charge is -2.39. The summed E-state index contributed by atoms with van der Waals surface area (Å²) in [5.74, 6) is 1.89.